The molecular weight excluding hydrogens is 300 g/mol. The molecule has 0 aliphatic carbocycles. The molecule has 3 heterocycles. The molecule has 6 nitrogen and oxygen atoms in total. The summed E-state index contributed by atoms with van der Waals surface area (Å²) in [4.78, 5) is 8.52. The number of rotatable bonds is 2. The average molecular weight is 311 g/mol. The van der Waals surface area contributed by atoms with Crippen LogP contribution in [-0.4, -0.2) is 32.9 Å². The average Bonchev–Trinajstić information content (AvgIpc) is 2.98. The Hall–Kier alpha value is -1.31. The second-order valence-corrected chi connectivity index (χ2v) is 4.99. The number of aromatic nitrogens is 3. The lowest BCUT2D eigenvalue weighted by Crippen LogP contribution is -2.15. The SMILES string of the molecule is O[C@@H]1CN[C@H](c2nc(-c3ncccc3Br)no2)C1. The first kappa shape index (κ1) is 11.8. The number of β-amino-alcohol motifs (C(OH)–C–C–N with tert-alkyl or cyclic N) is 1. The van der Waals surface area contributed by atoms with Gasteiger partial charge in [-0.1, -0.05) is 5.16 Å². The van der Waals surface area contributed by atoms with Crippen LogP contribution in [0.5, 0.6) is 0 Å². The van der Waals surface area contributed by atoms with E-state index in [1.54, 1.807) is 6.20 Å². The van der Waals surface area contributed by atoms with Crippen LogP contribution in [0.3, 0.4) is 0 Å². The monoisotopic (exact) mass is 310 g/mol. The van der Waals surface area contributed by atoms with Crippen molar-refractivity contribution in [1.29, 1.82) is 0 Å². The highest BCUT2D eigenvalue weighted by Crippen LogP contribution is 2.26. The predicted molar refractivity (Wildman–Crippen MR) is 66.6 cm³/mol. The van der Waals surface area contributed by atoms with E-state index in [2.05, 4.69) is 36.4 Å². The van der Waals surface area contributed by atoms with Crippen molar-refractivity contribution in [3.63, 3.8) is 0 Å². The van der Waals surface area contributed by atoms with Crippen molar-refractivity contribution in [2.24, 2.45) is 0 Å². The quantitative estimate of drug-likeness (QED) is 0.869. The molecule has 0 spiro atoms. The van der Waals surface area contributed by atoms with Crippen molar-refractivity contribution in [3.05, 3.63) is 28.7 Å². The van der Waals surface area contributed by atoms with Crippen molar-refractivity contribution < 1.29 is 9.63 Å². The van der Waals surface area contributed by atoms with Gasteiger partial charge in [0.2, 0.25) is 11.7 Å². The van der Waals surface area contributed by atoms with Gasteiger partial charge in [-0.25, -0.2) is 0 Å². The van der Waals surface area contributed by atoms with E-state index in [4.69, 9.17) is 4.52 Å². The second kappa shape index (κ2) is 4.75. The molecule has 0 unspecified atom stereocenters. The third-order valence-corrected chi connectivity index (χ3v) is 3.46. The van der Waals surface area contributed by atoms with Gasteiger partial charge in [0, 0.05) is 17.2 Å². The zero-order valence-corrected chi connectivity index (χ0v) is 11.0. The van der Waals surface area contributed by atoms with Crippen molar-refractivity contribution >= 4 is 15.9 Å². The summed E-state index contributed by atoms with van der Waals surface area (Å²) in [7, 11) is 0. The van der Waals surface area contributed by atoms with Crippen LogP contribution in [0.15, 0.2) is 27.3 Å². The van der Waals surface area contributed by atoms with Crippen LogP contribution in [-0.2, 0) is 0 Å². The number of halogens is 1. The largest absolute Gasteiger partial charge is 0.392 e. The number of nitrogens with zero attached hydrogens (tertiary/aromatic N) is 3. The van der Waals surface area contributed by atoms with Crippen molar-refractivity contribution in [2.45, 2.75) is 18.6 Å². The van der Waals surface area contributed by atoms with E-state index >= 15 is 0 Å². The van der Waals surface area contributed by atoms with E-state index < -0.39 is 0 Å². The Morgan fingerprint density at radius 2 is 2.39 bits per heavy atom. The molecule has 3 rings (SSSR count). The first-order valence-corrected chi connectivity index (χ1v) is 6.39. The fourth-order valence-corrected chi connectivity index (χ4v) is 2.36. The van der Waals surface area contributed by atoms with Crippen LogP contribution in [0.2, 0.25) is 0 Å². The van der Waals surface area contributed by atoms with Crippen LogP contribution in [0.25, 0.3) is 11.5 Å². The highest BCUT2D eigenvalue weighted by atomic mass is 79.9. The maximum atomic E-state index is 9.46. The van der Waals surface area contributed by atoms with Gasteiger partial charge in [0.1, 0.15) is 5.69 Å². The number of hydrogen-bond donors (Lipinski definition) is 2. The summed E-state index contributed by atoms with van der Waals surface area (Å²) in [6.45, 7) is 0.551. The lowest BCUT2D eigenvalue weighted by Gasteiger charge is -2.01. The van der Waals surface area contributed by atoms with Crippen LogP contribution in [0, 0.1) is 0 Å². The molecule has 1 aliphatic heterocycles. The molecule has 7 heteroatoms. The van der Waals surface area contributed by atoms with E-state index in [0.717, 1.165) is 4.47 Å². The Labute approximate surface area is 112 Å². The molecule has 2 atom stereocenters. The Morgan fingerprint density at radius 1 is 1.50 bits per heavy atom. The number of nitrogens with one attached hydrogen (secondary N) is 1. The molecule has 0 saturated carbocycles. The Kier molecular flexibility index (Phi) is 3.11. The minimum atomic E-state index is -0.355. The fraction of sp³-hybridized carbons (Fsp3) is 0.364. The minimum Gasteiger partial charge on any atom is -0.392 e. The van der Waals surface area contributed by atoms with Gasteiger partial charge in [-0.2, -0.15) is 4.98 Å². The summed E-state index contributed by atoms with van der Waals surface area (Å²) < 4.78 is 6.03. The second-order valence-electron chi connectivity index (χ2n) is 4.14. The molecule has 2 aromatic rings. The van der Waals surface area contributed by atoms with Gasteiger partial charge in [0.25, 0.3) is 0 Å². The van der Waals surface area contributed by atoms with E-state index in [1.807, 2.05) is 12.1 Å². The first-order chi connectivity index (χ1) is 8.74. The van der Waals surface area contributed by atoms with E-state index in [0.29, 0.717) is 30.4 Å². The summed E-state index contributed by atoms with van der Waals surface area (Å²) in [5, 5.41) is 16.5. The Balaban J connectivity index is 1.88. The highest BCUT2D eigenvalue weighted by molar-refractivity contribution is 9.10. The molecule has 2 N–H and O–H groups in total. The zero-order chi connectivity index (χ0) is 12.5. The third-order valence-electron chi connectivity index (χ3n) is 2.82. The van der Waals surface area contributed by atoms with Gasteiger partial charge < -0.3 is 14.9 Å². The molecular formula is C11H11BrN4O2. The van der Waals surface area contributed by atoms with E-state index in [1.165, 1.54) is 0 Å². The van der Waals surface area contributed by atoms with Crippen LogP contribution >= 0.6 is 15.9 Å². The molecule has 1 aliphatic rings. The fourth-order valence-electron chi connectivity index (χ4n) is 1.93. The summed E-state index contributed by atoms with van der Waals surface area (Å²) in [5.41, 5.74) is 0.644. The molecule has 1 saturated heterocycles. The zero-order valence-electron chi connectivity index (χ0n) is 9.38. The van der Waals surface area contributed by atoms with Crippen molar-refractivity contribution in [2.75, 3.05) is 6.54 Å². The molecule has 18 heavy (non-hydrogen) atoms. The predicted octanol–water partition coefficient (Wildman–Crippen LogP) is 1.29. The summed E-state index contributed by atoms with van der Waals surface area (Å²) in [6, 6.07) is 3.61. The lowest BCUT2D eigenvalue weighted by atomic mass is 10.2. The molecule has 1 fully saturated rings. The summed E-state index contributed by atoms with van der Waals surface area (Å²) >= 11 is 3.40. The molecule has 0 aromatic carbocycles. The normalized spacial score (nSPS) is 23.4. The number of pyridine rings is 1. The van der Waals surface area contributed by atoms with Gasteiger partial charge in [0.15, 0.2) is 0 Å². The molecule has 94 valence electrons. The molecule has 0 amide bonds. The molecule has 2 aromatic heterocycles. The van der Waals surface area contributed by atoms with Crippen LogP contribution in [0.1, 0.15) is 18.4 Å². The van der Waals surface area contributed by atoms with Crippen LogP contribution < -0.4 is 5.32 Å². The van der Waals surface area contributed by atoms with Gasteiger partial charge >= 0.3 is 0 Å². The maximum Gasteiger partial charge on any atom is 0.244 e. The highest BCUT2D eigenvalue weighted by Gasteiger charge is 2.28. The minimum absolute atomic E-state index is 0.0799. The molecule has 0 bridgehead atoms. The van der Waals surface area contributed by atoms with E-state index in [9.17, 15) is 5.11 Å². The number of hydrogen-bond acceptors (Lipinski definition) is 6. The van der Waals surface area contributed by atoms with Gasteiger partial charge in [-0.15, -0.1) is 0 Å². The number of aliphatic hydroxyl groups excluding tert-OH is 1. The summed E-state index contributed by atoms with van der Waals surface area (Å²) in [6.07, 6.45) is 1.91. The van der Waals surface area contributed by atoms with E-state index in [-0.39, 0.29) is 12.1 Å². The van der Waals surface area contributed by atoms with Crippen molar-refractivity contribution in [3.8, 4) is 11.5 Å². The maximum absolute atomic E-state index is 9.46. The number of aliphatic hydroxyl groups is 1. The smallest absolute Gasteiger partial charge is 0.244 e. The summed E-state index contributed by atoms with van der Waals surface area (Å²) in [5.74, 6) is 0.930. The van der Waals surface area contributed by atoms with Gasteiger partial charge in [-0.3, -0.25) is 4.98 Å². The lowest BCUT2D eigenvalue weighted by molar-refractivity contribution is 0.191. The third kappa shape index (κ3) is 2.16. The van der Waals surface area contributed by atoms with Gasteiger partial charge in [0.05, 0.1) is 12.1 Å². The standard InChI is InChI=1S/C11H11BrN4O2/c12-7-2-1-3-13-9(7)10-15-11(18-16-10)8-4-6(17)5-14-8/h1-3,6,8,14,17H,4-5H2/t6-,8-/m0/s1. The Bertz CT molecular complexity index is 559. The first-order valence-electron chi connectivity index (χ1n) is 5.60. The van der Waals surface area contributed by atoms with Crippen LogP contribution in [0.4, 0.5) is 0 Å². The molecule has 0 radical (unpaired) electrons. The topological polar surface area (TPSA) is 84.1 Å². The Morgan fingerprint density at radius 3 is 3.11 bits per heavy atom. The van der Waals surface area contributed by atoms with Gasteiger partial charge in [-0.05, 0) is 34.5 Å². The van der Waals surface area contributed by atoms with Crippen molar-refractivity contribution in [1.82, 2.24) is 20.4 Å².